The van der Waals surface area contributed by atoms with E-state index in [0.29, 0.717) is 16.4 Å². The maximum absolute atomic E-state index is 13.5. The molecule has 7 nitrogen and oxygen atoms in total. The number of rotatable bonds is 5. The van der Waals surface area contributed by atoms with E-state index in [1.807, 2.05) is 0 Å². The summed E-state index contributed by atoms with van der Waals surface area (Å²) in [6.45, 7) is 3.50. The van der Waals surface area contributed by atoms with Crippen molar-refractivity contribution in [2.75, 3.05) is 5.32 Å². The van der Waals surface area contributed by atoms with Gasteiger partial charge in [-0.2, -0.15) is 4.98 Å². The minimum Gasteiger partial charge on any atom is -0.325 e. The fourth-order valence-electron chi connectivity index (χ4n) is 2.54. The molecule has 0 saturated carbocycles. The summed E-state index contributed by atoms with van der Waals surface area (Å²) >= 11 is 5.85. The van der Waals surface area contributed by atoms with Gasteiger partial charge in [0.25, 0.3) is 0 Å². The maximum Gasteiger partial charge on any atom is 0.355 e. The highest BCUT2D eigenvalue weighted by molar-refractivity contribution is 6.30. The molecule has 0 aliphatic heterocycles. The molecule has 140 valence electrons. The van der Waals surface area contributed by atoms with Gasteiger partial charge in [-0.15, -0.1) is 0 Å². The number of anilines is 2. The van der Waals surface area contributed by atoms with Gasteiger partial charge in [-0.05, 0) is 44.2 Å². The third-order valence-corrected chi connectivity index (χ3v) is 4.03. The second kappa shape index (κ2) is 7.71. The van der Waals surface area contributed by atoms with Gasteiger partial charge in [0, 0.05) is 17.9 Å². The van der Waals surface area contributed by atoms with Crippen molar-refractivity contribution in [3.8, 4) is 0 Å². The molecule has 3 rings (SSSR count). The van der Waals surface area contributed by atoms with E-state index in [1.54, 1.807) is 32.0 Å². The second-order valence-corrected chi connectivity index (χ2v) is 6.59. The van der Waals surface area contributed by atoms with E-state index in [2.05, 4.69) is 15.3 Å². The molecule has 2 aromatic heterocycles. The quantitative estimate of drug-likeness (QED) is 0.725. The van der Waals surface area contributed by atoms with Crippen molar-refractivity contribution in [2.45, 2.75) is 26.4 Å². The zero-order valence-corrected chi connectivity index (χ0v) is 15.4. The molecular weight excluding hydrogens is 373 g/mol. The Labute approximate surface area is 159 Å². The number of hydrogen-bond donors (Lipinski definition) is 1. The summed E-state index contributed by atoms with van der Waals surface area (Å²) in [6.07, 6.45) is 1.47. The Balaban J connectivity index is 2.11. The highest BCUT2D eigenvalue weighted by Crippen LogP contribution is 2.15. The first-order valence-electron chi connectivity index (χ1n) is 8.21. The standard InChI is InChI=1S/C18H17ClFN5O2/c1-11(2)25-17(26)23-16(22-14-5-3-4-13(20)8-14)24(18(25)27)10-15-7-6-12(19)9-21-15/h3-9,11H,10H2,1-2H3,(H,22,23,26). The van der Waals surface area contributed by atoms with Gasteiger partial charge in [-0.3, -0.25) is 9.55 Å². The van der Waals surface area contributed by atoms with Crippen LogP contribution in [0.4, 0.5) is 16.0 Å². The lowest BCUT2D eigenvalue weighted by molar-refractivity contribution is 0.495. The van der Waals surface area contributed by atoms with Crippen molar-refractivity contribution in [1.29, 1.82) is 0 Å². The average Bonchev–Trinajstić information content (AvgIpc) is 2.59. The lowest BCUT2D eigenvalue weighted by atomic mass is 10.3. The third-order valence-electron chi connectivity index (χ3n) is 3.81. The van der Waals surface area contributed by atoms with Gasteiger partial charge in [0.2, 0.25) is 5.95 Å². The van der Waals surface area contributed by atoms with Crippen LogP contribution in [0.15, 0.2) is 52.2 Å². The monoisotopic (exact) mass is 389 g/mol. The van der Waals surface area contributed by atoms with Crippen molar-refractivity contribution in [3.05, 3.63) is 80.1 Å². The zero-order valence-electron chi connectivity index (χ0n) is 14.7. The maximum atomic E-state index is 13.5. The van der Waals surface area contributed by atoms with Crippen LogP contribution in [0.1, 0.15) is 25.6 Å². The summed E-state index contributed by atoms with van der Waals surface area (Å²) in [5, 5.41) is 3.30. The highest BCUT2D eigenvalue weighted by atomic mass is 35.5. The summed E-state index contributed by atoms with van der Waals surface area (Å²) in [5.41, 5.74) is -0.309. The van der Waals surface area contributed by atoms with E-state index in [4.69, 9.17) is 11.6 Å². The first-order chi connectivity index (χ1) is 12.8. The molecule has 0 fully saturated rings. The Hall–Kier alpha value is -3.00. The predicted octanol–water partition coefficient (Wildman–Crippen LogP) is 2.97. The molecule has 0 bridgehead atoms. The van der Waals surface area contributed by atoms with Crippen LogP contribution in [0.5, 0.6) is 0 Å². The lowest BCUT2D eigenvalue weighted by Gasteiger charge is -2.16. The number of nitrogens with one attached hydrogen (secondary N) is 1. The molecule has 27 heavy (non-hydrogen) atoms. The molecule has 3 aromatic rings. The molecule has 0 unspecified atom stereocenters. The van der Waals surface area contributed by atoms with Gasteiger partial charge in [0.15, 0.2) is 0 Å². The van der Waals surface area contributed by atoms with Gasteiger partial charge in [0.05, 0.1) is 17.3 Å². The molecule has 0 spiro atoms. The molecule has 0 saturated heterocycles. The number of aromatic nitrogens is 4. The van der Waals surface area contributed by atoms with Gasteiger partial charge in [-0.1, -0.05) is 17.7 Å². The van der Waals surface area contributed by atoms with Gasteiger partial charge in [0.1, 0.15) is 5.82 Å². The largest absolute Gasteiger partial charge is 0.355 e. The Morgan fingerprint density at radius 1 is 1.22 bits per heavy atom. The number of benzene rings is 1. The molecule has 1 N–H and O–H groups in total. The third kappa shape index (κ3) is 4.22. The van der Waals surface area contributed by atoms with E-state index in [-0.39, 0.29) is 18.5 Å². The molecule has 0 amide bonds. The number of pyridine rings is 1. The van der Waals surface area contributed by atoms with Crippen LogP contribution in [-0.4, -0.2) is 19.1 Å². The lowest BCUT2D eigenvalue weighted by Crippen LogP contribution is -2.43. The normalized spacial score (nSPS) is 11.0. The average molecular weight is 390 g/mol. The topological polar surface area (TPSA) is 81.8 Å². The van der Waals surface area contributed by atoms with Crippen LogP contribution in [0.2, 0.25) is 5.02 Å². The zero-order chi connectivity index (χ0) is 19.6. The van der Waals surface area contributed by atoms with E-state index >= 15 is 0 Å². The molecule has 2 heterocycles. The van der Waals surface area contributed by atoms with Crippen molar-refractivity contribution >= 4 is 23.2 Å². The molecule has 1 aromatic carbocycles. The van der Waals surface area contributed by atoms with Crippen LogP contribution in [0.3, 0.4) is 0 Å². The van der Waals surface area contributed by atoms with Crippen LogP contribution in [0, 0.1) is 5.82 Å². The van der Waals surface area contributed by atoms with Crippen molar-refractivity contribution in [3.63, 3.8) is 0 Å². The Bertz CT molecular complexity index is 1080. The second-order valence-electron chi connectivity index (χ2n) is 6.15. The minimum absolute atomic E-state index is 0.00394. The van der Waals surface area contributed by atoms with Crippen molar-refractivity contribution in [1.82, 2.24) is 19.1 Å². The predicted molar refractivity (Wildman–Crippen MR) is 101 cm³/mol. The Morgan fingerprint density at radius 3 is 2.63 bits per heavy atom. The fourth-order valence-corrected chi connectivity index (χ4v) is 2.66. The van der Waals surface area contributed by atoms with E-state index in [1.165, 1.54) is 29.0 Å². The number of halogens is 2. The van der Waals surface area contributed by atoms with Crippen LogP contribution in [-0.2, 0) is 6.54 Å². The molecular formula is C18H17ClFN5O2. The fraction of sp³-hybridized carbons (Fsp3) is 0.222. The Morgan fingerprint density at radius 2 is 2.00 bits per heavy atom. The van der Waals surface area contributed by atoms with E-state index in [0.717, 1.165) is 4.57 Å². The first-order valence-corrected chi connectivity index (χ1v) is 8.59. The van der Waals surface area contributed by atoms with Crippen LogP contribution in [0.25, 0.3) is 0 Å². The molecule has 0 radical (unpaired) electrons. The van der Waals surface area contributed by atoms with Gasteiger partial charge >= 0.3 is 11.4 Å². The highest BCUT2D eigenvalue weighted by Gasteiger charge is 2.16. The molecule has 0 aliphatic carbocycles. The van der Waals surface area contributed by atoms with Crippen molar-refractivity contribution < 1.29 is 4.39 Å². The van der Waals surface area contributed by atoms with E-state index < -0.39 is 17.2 Å². The first kappa shape index (κ1) is 18.8. The van der Waals surface area contributed by atoms with Gasteiger partial charge < -0.3 is 5.32 Å². The molecule has 0 aliphatic rings. The summed E-state index contributed by atoms with van der Waals surface area (Å²) < 4.78 is 15.8. The minimum atomic E-state index is -0.686. The van der Waals surface area contributed by atoms with Crippen LogP contribution < -0.4 is 16.7 Å². The summed E-state index contributed by atoms with van der Waals surface area (Å²) in [5.74, 6) is -0.451. The molecule has 9 heteroatoms. The SMILES string of the molecule is CC(C)n1c(=O)nc(Nc2cccc(F)c2)n(Cc2ccc(Cl)cn2)c1=O. The Kier molecular flexibility index (Phi) is 5.36. The van der Waals surface area contributed by atoms with E-state index in [9.17, 15) is 14.0 Å². The summed E-state index contributed by atoms with van der Waals surface area (Å²) in [6, 6.07) is 8.60. The van der Waals surface area contributed by atoms with Crippen molar-refractivity contribution in [2.24, 2.45) is 0 Å². The summed E-state index contributed by atoms with van der Waals surface area (Å²) in [7, 11) is 0. The van der Waals surface area contributed by atoms with Gasteiger partial charge in [-0.25, -0.2) is 18.5 Å². The number of hydrogen-bond acceptors (Lipinski definition) is 5. The molecule has 0 atom stereocenters. The smallest absolute Gasteiger partial charge is 0.325 e. The number of nitrogens with zero attached hydrogens (tertiary/aromatic N) is 4. The van der Waals surface area contributed by atoms with Crippen LogP contribution >= 0.6 is 11.6 Å². The summed E-state index contributed by atoms with van der Waals surface area (Å²) in [4.78, 5) is 33.4.